The first-order valence-corrected chi connectivity index (χ1v) is 9.09. The van der Waals surface area contributed by atoms with Crippen LogP contribution in [0, 0.1) is 0 Å². The fourth-order valence-electron chi connectivity index (χ4n) is 3.52. The Kier molecular flexibility index (Phi) is 6.00. The Bertz CT molecular complexity index is 258. The Labute approximate surface area is 123 Å². The fraction of sp³-hybridized carbons (Fsp3) is 1.00. The molecule has 112 valence electrons. The van der Waals surface area contributed by atoms with E-state index in [-0.39, 0.29) is 0 Å². The highest BCUT2D eigenvalue weighted by molar-refractivity contribution is 8.00. The molecule has 0 amide bonds. The van der Waals surface area contributed by atoms with Gasteiger partial charge in [0.15, 0.2) is 0 Å². The molecule has 2 N–H and O–H groups in total. The lowest BCUT2D eigenvalue weighted by molar-refractivity contribution is 0.139. The molecular weight excluding hydrogens is 254 g/mol. The molecule has 0 saturated carbocycles. The van der Waals surface area contributed by atoms with E-state index in [4.69, 9.17) is 5.73 Å². The molecule has 2 heterocycles. The van der Waals surface area contributed by atoms with Crippen molar-refractivity contribution in [2.45, 2.75) is 49.3 Å². The van der Waals surface area contributed by atoms with Crippen LogP contribution in [0.15, 0.2) is 0 Å². The van der Waals surface area contributed by atoms with Gasteiger partial charge in [-0.2, -0.15) is 11.8 Å². The van der Waals surface area contributed by atoms with Crippen LogP contribution >= 0.6 is 11.8 Å². The minimum atomic E-state index is 0.373. The molecule has 0 aromatic heterocycles. The maximum Gasteiger partial charge on any atom is 0.0303 e. The Morgan fingerprint density at radius 1 is 1.21 bits per heavy atom. The van der Waals surface area contributed by atoms with E-state index in [1.165, 1.54) is 64.7 Å². The minimum absolute atomic E-state index is 0.373. The second kappa shape index (κ2) is 7.30. The second-order valence-electron chi connectivity index (χ2n) is 6.35. The highest BCUT2D eigenvalue weighted by Gasteiger charge is 2.32. The average Bonchev–Trinajstić information content (AvgIpc) is 2.47. The maximum absolute atomic E-state index is 5.96. The largest absolute Gasteiger partial charge is 0.329 e. The summed E-state index contributed by atoms with van der Waals surface area (Å²) >= 11 is 1.98. The molecule has 2 aliphatic heterocycles. The van der Waals surface area contributed by atoms with Gasteiger partial charge in [0.25, 0.3) is 0 Å². The first-order chi connectivity index (χ1) is 9.19. The number of likely N-dealkylation sites (tertiary alicyclic amines) is 2. The summed E-state index contributed by atoms with van der Waals surface area (Å²) in [6.07, 6.45) is 10.3. The van der Waals surface area contributed by atoms with Gasteiger partial charge in [-0.1, -0.05) is 6.42 Å². The van der Waals surface area contributed by atoms with Crippen LogP contribution in [-0.2, 0) is 0 Å². The Balaban J connectivity index is 1.70. The molecule has 2 fully saturated rings. The topological polar surface area (TPSA) is 32.5 Å². The number of hydrogen-bond acceptors (Lipinski definition) is 4. The maximum atomic E-state index is 5.96. The van der Waals surface area contributed by atoms with Crippen LogP contribution in [0.5, 0.6) is 0 Å². The quantitative estimate of drug-likeness (QED) is 0.838. The van der Waals surface area contributed by atoms with Crippen molar-refractivity contribution in [2.24, 2.45) is 5.73 Å². The SMILES string of the molecule is CSC1(CN)CCN(CCC2CCCCN2C)CC1. The van der Waals surface area contributed by atoms with Gasteiger partial charge >= 0.3 is 0 Å². The van der Waals surface area contributed by atoms with Crippen molar-refractivity contribution in [1.82, 2.24) is 9.80 Å². The fourth-order valence-corrected chi connectivity index (χ4v) is 4.27. The summed E-state index contributed by atoms with van der Waals surface area (Å²) < 4.78 is 0.373. The molecule has 0 spiro atoms. The third kappa shape index (κ3) is 4.10. The van der Waals surface area contributed by atoms with Gasteiger partial charge in [0.05, 0.1) is 0 Å². The minimum Gasteiger partial charge on any atom is -0.329 e. The lowest BCUT2D eigenvalue weighted by atomic mass is 9.94. The third-order valence-electron chi connectivity index (χ3n) is 5.27. The summed E-state index contributed by atoms with van der Waals surface area (Å²) in [6.45, 7) is 5.91. The summed E-state index contributed by atoms with van der Waals surface area (Å²) in [7, 11) is 2.30. The molecule has 19 heavy (non-hydrogen) atoms. The van der Waals surface area contributed by atoms with E-state index in [9.17, 15) is 0 Å². The van der Waals surface area contributed by atoms with E-state index in [1.807, 2.05) is 11.8 Å². The van der Waals surface area contributed by atoms with E-state index < -0.39 is 0 Å². The van der Waals surface area contributed by atoms with Crippen LogP contribution in [0.1, 0.15) is 38.5 Å². The van der Waals surface area contributed by atoms with Gasteiger partial charge in [-0.25, -0.2) is 0 Å². The number of nitrogens with zero attached hydrogens (tertiary/aromatic N) is 2. The summed E-state index contributed by atoms with van der Waals surface area (Å²) in [5.74, 6) is 0. The third-order valence-corrected chi connectivity index (χ3v) is 6.71. The summed E-state index contributed by atoms with van der Waals surface area (Å²) in [6, 6.07) is 0.829. The van der Waals surface area contributed by atoms with Gasteiger partial charge in [0.2, 0.25) is 0 Å². The monoisotopic (exact) mass is 285 g/mol. The molecule has 0 aromatic carbocycles. The van der Waals surface area contributed by atoms with Gasteiger partial charge in [-0.05, 0) is 71.6 Å². The Morgan fingerprint density at radius 2 is 1.95 bits per heavy atom. The molecule has 0 bridgehead atoms. The highest BCUT2D eigenvalue weighted by Crippen LogP contribution is 2.33. The van der Waals surface area contributed by atoms with Gasteiger partial charge in [-0.3, -0.25) is 0 Å². The molecular formula is C15H31N3S. The molecule has 0 aromatic rings. The van der Waals surface area contributed by atoms with Gasteiger partial charge in [0.1, 0.15) is 0 Å². The molecule has 2 saturated heterocycles. The Morgan fingerprint density at radius 3 is 2.53 bits per heavy atom. The van der Waals surface area contributed by atoms with Crippen molar-refractivity contribution in [1.29, 1.82) is 0 Å². The van der Waals surface area contributed by atoms with Crippen molar-refractivity contribution in [3.63, 3.8) is 0 Å². The number of hydrogen-bond donors (Lipinski definition) is 1. The lowest BCUT2D eigenvalue weighted by Crippen LogP contribution is -2.47. The van der Waals surface area contributed by atoms with Crippen LogP contribution in [-0.4, -0.2) is 66.6 Å². The number of thioether (sulfide) groups is 1. The van der Waals surface area contributed by atoms with Gasteiger partial charge < -0.3 is 15.5 Å². The number of rotatable bonds is 5. The van der Waals surface area contributed by atoms with Crippen molar-refractivity contribution in [3.05, 3.63) is 0 Å². The van der Waals surface area contributed by atoms with E-state index in [0.717, 1.165) is 12.6 Å². The molecule has 2 rings (SSSR count). The van der Waals surface area contributed by atoms with Crippen LogP contribution in [0.25, 0.3) is 0 Å². The zero-order valence-corrected chi connectivity index (χ0v) is 13.6. The smallest absolute Gasteiger partial charge is 0.0303 e. The van der Waals surface area contributed by atoms with Gasteiger partial charge in [0, 0.05) is 17.3 Å². The molecule has 2 aliphatic rings. The van der Waals surface area contributed by atoms with E-state index in [0.29, 0.717) is 4.75 Å². The van der Waals surface area contributed by atoms with Crippen LogP contribution in [0.4, 0.5) is 0 Å². The van der Waals surface area contributed by atoms with Crippen molar-refractivity contribution < 1.29 is 0 Å². The van der Waals surface area contributed by atoms with Crippen LogP contribution in [0.2, 0.25) is 0 Å². The Hall–Kier alpha value is 0.230. The lowest BCUT2D eigenvalue weighted by Gasteiger charge is -2.41. The predicted octanol–water partition coefficient (Wildman–Crippen LogP) is 2.02. The van der Waals surface area contributed by atoms with Crippen LogP contribution < -0.4 is 5.73 Å². The summed E-state index contributed by atoms with van der Waals surface area (Å²) in [4.78, 5) is 5.23. The van der Waals surface area contributed by atoms with Crippen molar-refractivity contribution >= 4 is 11.8 Å². The zero-order chi connectivity index (χ0) is 13.7. The van der Waals surface area contributed by atoms with E-state index >= 15 is 0 Å². The van der Waals surface area contributed by atoms with E-state index in [2.05, 4.69) is 23.1 Å². The molecule has 3 nitrogen and oxygen atoms in total. The average molecular weight is 286 g/mol. The summed E-state index contributed by atoms with van der Waals surface area (Å²) in [5, 5.41) is 0. The molecule has 1 atom stereocenters. The second-order valence-corrected chi connectivity index (χ2v) is 7.63. The van der Waals surface area contributed by atoms with E-state index in [1.54, 1.807) is 0 Å². The molecule has 0 radical (unpaired) electrons. The zero-order valence-electron chi connectivity index (χ0n) is 12.7. The summed E-state index contributed by atoms with van der Waals surface area (Å²) in [5.41, 5.74) is 5.96. The van der Waals surface area contributed by atoms with Crippen LogP contribution in [0.3, 0.4) is 0 Å². The number of nitrogens with two attached hydrogens (primary N) is 1. The molecule has 0 aliphatic carbocycles. The van der Waals surface area contributed by atoms with Crippen molar-refractivity contribution in [3.8, 4) is 0 Å². The first kappa shape index (κ1) is 15.6. The first-order valence-electron chi connectivity index (χ1n) is 7.87. The number of piperidine rings is 2. The van der Waals surface area contributed by atoms with Crippen molar-refractivity contribution in [2.75, 3.05) is 46.0 Å². The van der Waals surface area contributed by atoms with Gasteiger partial charge in [-0.15, -0.1) is 0 Å². The highest BCUT2D eigenvalue weighted by atomic mass is 32.2. The molecule has 1 unspecified atom stereocenters. The molecule has 4 heteroatoms. The standard InChI is InChI=1S/C15H31N3S/c1-17-9-4-3-5-14(17)6-10-18-11-7-15(13-16,19-2)8-12-18/h14H,3-13,16H2,1-2H3. The normalized spacial score (nSPS) is 29.5. The predicted molar refractivity (Wildman–Crippen MR) is 85.9 cm³/mol.